The number of rotatable bonds is 8. The number of nitrogens with zero attached hydrogens (tertiary/aromatic N) is 2. The molecule has 0 bridgehead atoms. The Balaban J connectivity index is 1.31. The van der Waals surface area contributed by atoms with Gasteiger partial charge in [-0.2, -0.15) is 0 Å². The monoisotopic (exact) mass is 708 g/mol. The fraction of sp³-hybridized carbons (Fsp3) is 0.167. The second-order valence-electron chi connectivity index (χ2n) is 16.1. The molecule has 0 saturated carbocycles. The lowest BCUT2D eigenvalue weighted by Crippen LogP contribution is -2.37. The number of para-hydroxylation sites is 2. The van der Waals surface area contributed by atoms with Crippen LogP contribution in [0.4, 0.5) is 34.1 Å². The standard InChI is InChI=1S/C48H48N2Si2/c1-48(2)44-32-38(49(34-16-10-8-11-17-34)36-24-29-40(30-25-36)52(5,6)7)26-31-43(44)47-42-21-15-14-20-41(42)46(33-45(47)48)50(35-18-12-9-13-19-35)37-22-27-39(28-23-37)51(3)4/h8-33,51H,1-7H3. The number of benzene rings is 7. The summed E-state index contributed by atoms with van der Waals surface area (Å²) in [6.07, 6.45) is 0. The van der Waals surface area contributed by atoms with E-state index in [9.17, 15) is 0 Å². The second kappa shape index (κ2) is 13.1. The maximum absolute atomic E-state index is 2.49. The number of hydrogen-bond donors (Lipinski definition) is 0. The lowest BCUT2D eigenvalue weighted by atomic mass is 9.81. The van der Waals surface area contributed by atoms with E-state index in [-0.39, 0.29) is 5.41 Å². The molecule has 258 valence electrons. The summed E-state index contributed by atoms with van der Waals surface area (Å²) in [7, 11) is -2.34. The van der Waals surface area contributed by atoms with Crippen molar-refractivity contribution >= 4 is 72.1 Å². The van der Waals surface area contributed by atoms with Crippen molar-refractivity contribution in [2.75, 3.05) is 9.80 Å². The van der Waals surface area contributed by atoms with E-state index in [1.165, 1.54) is 66.1 Å². The van der Waals surface area contributed by atoms with Gasteiger partial charge in [0.1, 0.15) is 0 Å². The van der Waals surface area contributed by atoms with E-state index in [0.717, 1.165) is 11.4 Å². The Bertz CT molecular complexity index is 2370. The van der Waals surface area contributed by atoms with Crippen LogP contribution in [0.1, 0.15) is 25.0 Å². The third-order valence-corrected chi connectivity index (χ3v) is 14.8. The molecule has 0 radical (unpaired) electrons. The summed E-state index contributed by atoms with van der Waals surface area (Å²) in [5.74, 6) is 0. The van der Waals surface area contributed by atoms with Crippen LogP contribution in [0.3, 0.4) is 0 Å². The average molecular weight is 709 g/mol. The van der Waals surface area contributed by atoms with Crippen molar-refractivity contribution in [3.05, 3.63) is 169 Å². The van der Waals surface area contributed by atoms with Crippen LogP contribution in [0.15, 0.2) is 158 Å². The SMILES string of the molecule is C[SiH](C)c1ccc(N(c2ccccc2)c2cc3c(c4ccccc24)-c2ccc(N(c4ccccc4)c4ccc([Si](C)(C)C)cc4)cc2C3(C)C)cc1. The van der Waals surface area contributed by atoms with Gasteiger partial charge in [0.2, 0.25) is 0 Å². The molecule has 0 heterocycles. The van der Waals surface area contributed by atoms with Gasteiger partial charge in [-0.1, -0.05) is 148 Å². The van der Waals surface area contributed by atoms with Crippen LogP contribution in [0.5, 0.6) is 0 Å². The van der Waals surface area contributed by atoms with E-state index in [0.29, 0.717) is 0 Å². The maximum atomic E-state index is 2.49. The number of fused-ring (bicyclic) bond motifs is 5. The lowest BCUT2D eigenvalue weighted by Gasteiger charge is -2.30. The maximum Gasteiger partial charge on any atom is 0.0775 e. The Hall–Kier alpha value is -5.17. The first-order valence-corrected chi connectivity index (χ1v) is 25.0. The molecule has 0 aromatic heterocycles. The second-order valence-corrected chi connectivity index (χ2v) is 24.2. The van der Waals surface area contributed by atoms with Gasteiger partial charge in [0.05, 0.1) is 22.6 Å². The molecule has 1 aliphatic carbocycles. The largest absolute Gasteiger partial charge is 0.310 e. The molecule has 0 unspecified atom stereocenters. The van der Waals surface area contributed by atoms with Crippen LogP contribution in [0.25, 0.3) is 21.9 Å². The molecule has 0 aliphatic heterocycles. The first-order valence-electron chi connectivity index (χ1n) is 18.6. The van der Waals surface area contributed by atoms with Crippen LogP contribution >= 0.6 is 0 Å². The molecule has 7 aromatic carbocycles. The number of anilines is 6. The molecule has 0 saturated heterocycles. The molecule has 8 rings (SSSR count). The topological polar surface area (TPSA) is 6.48 Å². The van der Waals surface area contributed by atoms with Gasteiger partial charge in [0.25, 0.3) is 0 Å². The van der Waals surface area contributed by atoms with Crippen molar-refractivity contribution < 1.29 is 0 Å². The van der Waals surface area contributed by atoms with Crippen molar-refractivity contribution in [3.8, 4) is 11.1 Å². The quantitative estimate of drug-likeness (QED) is 0.145. The van der Waals surface area contributed by atoms with Crippen molar-refractivity contribution in [1.29, 1.82) is 0 Å². The van der Waals surface area contributed by atoms with Gasteiger partial charge in [-0.3, -0.25) is 0 Å². The Kier molecular flexibility index (Phi) is 8.56. The third kappa shape index (κ3) is 5.90. The zero-order chi connectivity index (χ0) is 36.2. The van der Waals surface area contributed by atoms with Gasteiger partial charge < -0.3 is 9.80 Å². The molecule has 0 amide bonds. The molecule has 4 heteroatoms. The fourth-order valence-corrected chi connectivity index (χ4v) is 10.2. The van der Waals surface area contributed by atoms with Gasteiger partial charge in [-0.25, -0.2) is 0 Å². The van der Waals surface area contributed by atoms with Crippen molar-refractivity contribution in [2.24, 2.45) is 0 Å². The molecule has 0 atom stereocenters. The molecule has 0 spiro atoms. The lowest BCUT2D eigenvalue weighted by molar-refractivity contribution is 0.661. The van der Waals surface area contributed by atoms with Gasteiger partial charge in [0, 0.05) is 39.2 Å². The third-order valence-electron chi connectivity index (χ3n) is 11.0. The first-order chi connectivity index (χ1) is 25.0. The zero-order valence-corrected chi connectivity index (χ0v) is 33.6. The van der Waals surface area contributed by atoms with Crippen molar-refractivity contribution in [1.82, 2.24) is 0 Å². The highest BCUT2D eigenvalue weighted by Gasteiger charge is 2.38. The predicted molar refractivity (Wildman–Crippen MR) is 232 cm³/mol. The minimum Gasteiger partial charge on any atom is -0.310 e. The van der Waals surface area contributed by atoms with E-state index in [1.807, 2.05) is 0 Å². The first kappa shape index (κ1) is 33.9. The van der Waals surface area contributed by atoms with Crippen LogP contribution in [0.2, 0.25) is 32.7 Å². The summed E-state index contributed by atoms with van der Waals surface area (Å²) in [5, 5.41) is 5.51. The van der Waals surface area contributed by atoms with Gasteiger partial charge >= 0.3 is 0 Å². The predicted octanol–water partition coefficient (Wildman–Crippen LogP) is 12.3. The molecule has 0 N–H and O–H groups in total. The molecular weight excluding hydrogens is 661 g/mol. The van der Waals surface area contributed by atoms with Gasteiger partial charge in [0.15, 0.2) is 0 Å². The van der Waals surface area contributed by atoms with Crippen molar-refractivity contribution in [2.45, 2.75) is 52.0 Å². The van der Waals surface area contributed by atoms with Gasteiger partial charge in [-0.15, -0.1) is 0 Å². The molecule has 0 fully saturated rings. The van der Waals surface area contributed by atoms with Crippen LogP contribution in [-0.4, -0.2) is 16.9 Å². The summed E-state index contributed by atoms with van der Waals surface area (Å²) in [6, 6.07) is 58.9. The molecule has 52 heavy (non-hydrogen) atoms. The normalized spacial score (nSPS) is 13.2. The summed E-state index contributed by atoms with van der Waals surface area (Å²) < 4.78 is 0. The Morgan fingerprint density at radius 3 is 1.58 bits per heavy atom. The summed E-state index contributed by atoms with van der Waals surface area (Å²) in [6.45, 7) is 16.8. The Labute approximate surface area is 312 Å². The Morgan fingerprint density at radius 1 is 0.481 bits per heavy atom. The Morgan fingerprint density at radius 2 is 0.981 bits per heavy atom. The average Bonchev–Trinajstić information content (AvgIpc) is 3.38. The van der Waals surface area contributed by atoms with Crippen LogP contribution < -0.4 is 20.2 Å². The van der Waals surface area contributed by atoms with Gasteiger partial charge in [-0.05, 0) is 94.4 Å². The minimum absolute atomic E-state index is 0.223. The summed E-state index contributed by atoms with van der Waals surface area (Å²) >= 11 is 0. The zero-order valence-electron chi connectivity index (χ0n) is 31.5. The van der Waals surface area contributed by atoms with Crippen LogP contribution in [-0.2, 0) is 5.41 Å². The van der Waals surface area contributed by atoms with E-state index in [1.54, 1.807) is 0 Å². The molecule has 1 aliphatic rings. The minimum atomic E-state index is -1.43. The summed E-state index contributed by atoms with van der Waals surface area (Å²) in [5.41, 5.74) is 12.3. The van der Waals surface area contributed by atoms with E-state index in [2.05, 4.69) is 214 Å². The summed E-state index contributed by atoms with van der Waals surface area (Å²) in [4.78, 5) is 4.87. The van der Waals surface area contributed by atoms with E-state index >= 15 is 0 Å². The molecular formula is C48H48N2Si2. The smallest absolute Gasteiger partial charge is 0.0775 e. The number of hydrogen-bond acceptors (Lipinski definition) is 2. The highest BCUT2D eigenvalue weighted by Crippen LogP contribution is 2.55. The highest BCUT2D eigenvalue weighted by molar-refractivity contribution is 6.88. The highest BCUT2D eigenvalue weighted by atomic mass is 28.3. The van der Waals surface area contributed by atoms with E-state index < -0.39 is 16.9 Å². The van der Waals surface area contributed by atoms with Crippen LogP contribution in [0, 0.1) is 0 Å². The fourth-order valence-electron chi connectivity index (χ4n) is 8.02. The van der Waals surface area contributed by atoms with E-state index in [4.69, 9.17) is 0 Å². The molecule has 2 nitrogen and oxygen atoms in total. The molecule has 7 aromatic rings. The van der Waals surface area contributed by atoms with Crippen molar-refractivity contribution in [3.63, 3.8) is 0 Å².